The van der Waals surface area contributed by atoms with Crippen LogP contribution in [0.15, 0.2) is 24.3 Å². The minimum absolute atomic E-state index is 0. The molecule has 2 rings (SSSR count). The Bertz CT molecular complexity index is 421. The summed E-state index contributed by atoms with van der Waals surface area (Å²) >= 11 is 0. The van der Waals surface area contributed by atoms with Gasteiger partial charge in [0.25, 0.3) is 0 Å². The molecule has 0 bridgehead atoms. The maximum absolute atomic E-state index is 12.0. The van der Waals surface area contributed by atoms with Crippen molar-refractivity contribution in [1.29, 1.82) is 0 Å². The van der Waals surface area contributed by atoms with Gasteiger partial charge >= 0.3 is 0 Å². The molecule has 6 nitrogen and oxygen atoms in total. The zero-order valence-corrected chi connectivity index (χ0v) is 12.8. The van der Waals surface area contributed by atoms with Crippen LogP contribution in [0.4, 0.5) is 5.69 Å². The van der Waals surface area contributed by atoms with Gasteiger partial charge in [-0.15, -0.1) is 12.4 Å². The average Bonchev–Trinajstić information content (AvgIpc) is 2.50. The van der Waals surface area contributed by atoms with Crippen LogP contribution in [0.25, 0.3) is 0 Å². The van der Waals surface area contributed by atoms with E-state index in [-0.39, 0.29) is 24.4 Å². The minimum atomic E-state index is -0.290. The Hall–Kier alpha value is -1.34. The number of rotatable bonds is 6. The molecular formula is C14H21ClN2O4. The number of hydrogen-bond acceptors (Lipinski definition) is 5. The van der Waals surface area contributed by atoms with Crippen molar-refractivity contribution < 1.29 is 19.0 Å². The van der Waals surface area contributed by atoms with E-state index in [1.165, 1.54) is 0 Å². The number of carbonyl (C=O) groups excluding carboxylic acids is 1. The van der Waals surface area contributed by atoms with Crippen molar-refractivity contribution in [2.45, 2.75) is 6.04 Å². The summed E-state index contributed by atoms with van der Waals surface area (Å²) in [6, 6.07) is 6.96. The molecule has 0 aliphatic carbocycles. The third-order valence-corrected chi connectivity index (χ3v) is 2.92. The van der Waals surface area contributed by atoms with Crippen molar-refractivity contribution >= 4 is 24.0 Å². The summed E-state index contributed by atoms with van der Waals surface area (Å²) in [7, 11) is 1.63. The maximum Gasteiger partial charge on any atom is 0.243 e. The minimum Gasteiger partial charge on any atom is -0.491 e. The van der Waals surface area contributed by atoms with E-state index in [4.69, 9.17) is 14.2 Å². The van der Waals surface area contributed by atoms with Crippen molar-refractivity contribution in [2.24, 2.45) is 0 Å². The van der Waals surface area contributed by atoms with Crippen molar-refractivity contribution in [3.05, 3.63) is 24.3 Å². The number of ether oxygens (including phenoxy) is 3. The first-order valence-corrected chi connectivity index (χ1v) is 6.63. The summed E-state index contributed by atoms with van der Waals surface area (Å²) in [6.45, 7) is 2.81. The molecular weight excluding hydrogens is 296 g/mol. The molecule has 1 amide bonds. The smallest absolute Gasteiger partial charge is 0.243 e. The lowest BCUT2D eigenvalue weighted by Crippen LogP contribution is -2.48. The van der Waals surface area contributed by atoms with Gasteiger partial charge in [0.05, 0.1) is 19.8 Å². The fourth-order valence-corrected chi connectivity index (χ4v) is 1.84. The zero-order valence-electron chi connectivity index (χ0n) is 12.0. The van der Waals surface area contributed by atoms with Gasteiger partial charge in [-0.1, -0.05) is 0 Å². The number of halogens is 1. The van der Waals surface area contributed by atoms with Crippen LogP contribution >= 0.6 is 12.4 Å². The average molecular weight is 317 g/mol. The second-order valence-corrected chi connectivity index (χ2v) is 4.44. The molecule has 7 heteroatoms. The van der Waals surface area contributed by atoms with E-state index in [0.717, 1.165) is 11.4 Å². The van der Waals surface area contributed by atoms with Crippen LogP contribution in [-0.2, 0) is 14.3 Å². The predicted molar refractivity (Wildman–Crippen MR) is 82.3 cm³/mol. The third kappa shape index (κ3) is 5.89. The van der Waals surface area contributed by atoms with Crippen LogP contribution in [0.1, 0.15) is 0 Å². The quantitative estimate of drug-likeness (QED) is 0.768. The summed E-state index contributed by atoms with van der Waals surface area (Å²) in [4.78, 5) is 12.0. The Kier molecular flexibility index (Phi) is 8.07. The van der Waals surface area contributed by atoms with E-state index in [1.807, 2.05) is 24.3 Å². The van der Waals surface area contributed by atoms with E-state index in [1.54, 1.807) is 7.11 Å². The van der Waals surface area contributed by atoms with Crippen LogP contribution < -0.4 is 15.4 Å². The zero-order chi connectivity index (χ0) is 14.2. The monoisotopic (exact) mass is 316 g/mol. The lowest BCUT2D eigenvalue weighted by Gasteiger charge is -2.22. The van der Waals surface area contributed by atoms with Crippen molar-refractivity contribution in [1.82, 2.24) is 5.32 Å². The normalized spacial score (nSPS) is 17.7. The van der Waals surface area contributed by atoms with E-state index in [9.17, 15) is 4.79 Å². The van der Waals surface area contributed by atoms with E-state index in [0.29, 0.717) is 33.0 Å². The van der Waals surface area contributed by atoms with Gasteiger partial charge in [0, 0.05) is 19.3 Å². The number of amides is 1. The first-order chi connectivity index (χ1) is 9.79. The summed E-state index contributed by atoms with van der Waals surface area (Å²) < 4.78 is 15.6. The molecule has 21 heavy (non-hydrogen) atoms. The van der Waals surface area contributed by atoms with Gasteiger partial charge in [0.2, 0.25) is 5.91 Å². The van der Waals surface area contributed by atoms with Crippen molar-refractivity contribution in [2.75, 3.05) is 45.4 Å². The number of methoxy groups -OCH3 is 1. The van der Waals surface area contributed by atoms with Gasteiger partial charge in [-0.25, -0.2) is 0 Å². The molecule has 1 aliphatic rings. The Morgan fingerprint density at radius 2 is 2.14 bits per heavy atom. The molecule has 1 atom stereocenters. The highest BCUT2D eigenvalue weighted by atomic mass is 35.5. The predicted octanol–water partition coefficient (Wildman–Crippen LogP) is 1.06. The molecule has 0 spiro atoms. The largest absolute Gasteiger partial charge is 0.491 e. The van der Waals surface area contributed by atoms with Crippen LogP contribution in [0.3, 0.4) is 0 Å². The van der Waals surface area contributed by atoms with Crippen molar-refractivity contribution in [3.63, 3.8) is 0 Å². The number of nitrogens with one attached hydrogen (secondary N) is 2. The van der Waals surface area contributed by atoms with E-state index in [2.05, 4.69) is 10.6 Å². The SMILES string of the molecule is COCCOc1ccc(NC(=O)C2COCCN2)cc1.Cl. The molecule has 0 aromatic heterocycles. The molecule has 118 valence electrons. The Balaban J connectivity index is 0.00000220. The summed E-state index contributed by atoms with van der Waals surface area (Å²) in [5.74, 6) is 0.664. The highest BCUT2D eigenvalue weighted by Crippen LogP contribution is 2.16. The van der Waals surface area contributed by atoms with Crippen LogP contribution in [0.5, 0.6) is 5.75 Å². The third-order valence-electron chi connectivity index (χ3n) is 2.92. The Labute approximate surface area is 130 Å². The number of anilines is 1. The molecule has 1 aromatic carbocycles. The lowest BCUT2D eigenvalue weighted by molar-refractivity contribution is -0.120. The molecule has 0 saturated carbocycles. The Morgan fingerprint density at radius 1 is 1.38 bits per heavy atom. The molecule has 1 aliphatic heterocycles. The maximum atomic E-state index is 12.0. The fraction of sp³-hybridized carbons (Fsp3) is 0.500. The highest BCUT2D eigenvalue weighted by Gasteiger charge is 2.20. The second-order valence-electron chi connectivity index (χ2n) is 4.44. The van der Waals surface area contributed by atoms with Crippen LogP contribution in [-0.4, -0.2) is 52.0 Å². The van der Waals surface area contributed by atoms with E-state index < -0.39 is 0 Å². The first kappa shape index (κ1) is 17.7. The van der Waals surface area contributed by atoms with Gasteiger partial charge in [0.1, 0.15) is 18.4 Å². The second kappa shape index (κ2) is 9.57. The van der Waals surface area contributed by atoms with Crippen LogP contribution in [0.2, 0.25) is 0 Å². The number of morpholine rings is 1. The van der Waals surface area contributed by atoms with E-state index >= 15 is 0 Å². The molecule has 0 radical (unpaired) electrons. The molecule has 1 saturated heterocycles. The summed E-state index contributed by atoms with van der Waals surface area (Å²) in [5, 5.41) is 5.95. The standard InChI is InChI=1S/C14H20N2O4.ClH/c1-18-8-9-20-12-4-2-11(3-5-12)16-14(17)13-10-19-7-6-15-13;/h2-5,13,15H,6-10H2,1H3,(H,16,17);1H. The van der Waals surface area contributed by atoms with Crippen LogP contribution in [0, 0.1) is 0 Å². The van der Waals surface area contributed by atoms with Gasteiger partial charge in [-0.3, -0.25) is 4.79 Å². The molecule has 2 N–H and O–H groups in total. The van der Waals surface area contributed by atoms with Gasteiger partial charge in [-0.05, 0) is 24.3 Å². The molecule has 1 fully saturated rings. The highest BCUT2D eigenvalue weighted by molar-refractivity contribution is 5.95. The van der Waals surface area contributed by atoms with Gasteiger partial charge < -0.3 is 24.8 Å². The lowest BCUT2D eigenvalue weighted by atomic mass is 10.2. The number of hydrogen-bond donors (Lipinski definition) is 2. The molecule has 1 unspecified atom stereocenters. The van der Waals surface area contributed by atoms with Gasteiger partial charge in [-0.2, -0.15) is 0 Å². The van der Waals surface area contributed by atoms with Crippen molar-refractivity contribution in [3.8, 4) is 5.75 Å². The number of benzene rings is 1. The summed E-state index contributed by atoms with van der Waals surface area (Å²) in [6.07, 6.45) is 0. The topological polar surface area (TPSA) is 68.8 Å². The Morgan fingerprint density at radius 3 is 2.76 bits per heavy atom. The number of carbonyl (C=O) groups is 1. The summed E-state index contributed by atoms with van der Waals surface area (Å²) in [5.41, 5.74) is 0.737. The van der Waals surface area contributed by atoms with Gasteiger partial charge in [0.15, 0.2) is 0 Å². The molecule has 1 heterocycles. The fourth-order valence-electron chi connectivity index (χ4n) is 1.84. The first-order valence-electron chi connectivity index (χ1n) is 6.63. The molecule has 1 aromatic rings.